The molecular weight excluding hydrogens is 320 g/mol. The quantitative estimate of drug-likeness (QED) is 0.544. The molecule has 0 aliphatic heterocycles. The van der Waals surface area contributed by atoms with E-state index >= 15 is 0 Å². The fraction of sp³-hybridized carbons (Fsp3) is 0.294. The molecule has 0 saturated carbocycles. The number of aromatic nitrogens is 4. The minimum absolute atomic E-state index is 0.174. The number of carbonyl (C=O) groups excluding carboxylic acids is 2. The first-order chi connectivity index (χ1) is 12.1. The van der Waals surface area contributed by atoms with Gasteiger partial charge < -0.3 is 15.6 Å². The molecule has 0 aliphatic rings. The van der Waals surface area contributed by atoms with Gasteiger partial charge in [-0.25, -0.2) is 0 Å². The monoisotopic (exact) mass is 340 g/mol. The lowest BCUT2D eigenvalue weighted by molar-refractivity contribution is 0.0906. The summed E-state index contributed by atoms with van der Waals surface area (Å²) in [5.74, 6) is -0.489. The van der Waals surface area contributed by atoms with Crippen molar-refractivity contribution in [2.24, 2.45) is 0 Å². The lowest BCUT2D eigenvalue weighted by Gasteiger charge is -2.17. The molecule has 2 amide bonds. The number of benzene rings is 1. The molecule has 25 heavy (non-hydrogen) atoms. The molecule has 1 unspecified atom stereocenters. The van der Waals surface area contributed by atoms with Crippen LogP contribution in [0.2, 0.25) is 0 Å². The van der Waals surface area contributed by atoms with Crippen LogP contribution in [-0.2, 0) is 0 Å². The summed E-state index contributed by atoms with van der Waals surface area (Å²) in [6.07, 6.45) is 2.49. The first kappa shape index (κ1) is 16.7. The number of fused-ring (bicyclic) bond motifs is 1. The standard InChI is InChI=1S/C17H20N6O2/c1-3-12(9-19-17(25)14-10(2)21-23-22-14)20-16(24)13-6-4-5-11-7-8-18-15(11)13/h4-8,12,18H,3,9H2,1-2H3,(H,19,25)(H,20,24)(H,21,22,23). The maximum absolute atomic E-state index is 12.6. The average Bonchev–Trinajstić information content (AvgIpc) is 3.26. The first-order valence-corrected chi connectivity index (χ1v) is 8.12. The van der Waals surface area contributed by atoms with Crippen molar-refractivity contribution in [2.75, 3.05) is 6.54 Å². The molecule has 0 spiro atoms. The number of rotatable bonds is 6. The molecule has 8 nitrogen and oxygen atoms in total. The average molecular weight is 340 g/mol. The lowest BCUT2D eigenvalue weighted by Crippen LogP contribution is -2.43. The van der Waals surface area contributed by atoms with Crippen molar-refractivity contribution in [2.45, 2.75) is 26.3 Å². The zero-order valence-electron chi connectivity index (χ0n) is 14.1. The van der Waals surface area contributed by atoms with Crippen molar-refractivity contribution in [3.05, 3.63) is 47.4 Å². The van der Waals surface area contributed by atoms with Crippen molar-refractivity contribution in [3.63, 3.8) is 0 Å². The minimum Gasteiger partial charge on any atom is -0.361 e. The molecule has 1 atom stereocenters. The van der Waals surface area contributed by atoms with Gasteiger partial charge in [0.25, 0.3) is 11.8 Å². The molecule has 3 rings (SSSR count). The van der Waals surface area contributed by atoms with E-state index in [2.05, 4.69) is 31.0 Å². The molecular formula is C17H20N6O2. The second-order valence-corrected chi connectivity index (χ2v) is 5.79. The van der Waals surface area contributed by atoms with Crippen LogP contribution in [0.3, 0.4) is 0 Å². The number of aromatic amines is 2. The Kier molecular flexibility index (Phi) is 4.78. The highest BCUT2D eigenvalue weighted by molar-refractivity contribution is 6.05. The van der Waals surface area contributed by atoms with Crippen molar-refractivity contribution < 1.29 is 9.59 Å². The van der Waals surface area contributed by atoms with Gasteiger partial charge in [0.2, 0.25) is 0 Å². The van der Waals surface area contributed by atoms with Crippen LogP contribution >= 0.6 is 0 Å². The van der Waals surface area contributed by atoms with Gasteiger partial charge in [0, 0.05) is 24.2 Å². The van der Waals surface area contributed by atoms with Crippen LogP contribution in [0.15, 0.2) is 30.5 Å². The van der Waals surface area contributed by atoms with Crippen molar-refractivity contribution >= 4 is 22.7 Å². The summed E-state index contributed by atoms with van der Waals surface area (Å²) >= 11 is 0. The second-order valence-electron chi connectivity index (χ2n) is 5.79. The van der Waals surface area contributed by atoms with Crippen molar-refractivity contribution in [1.82, 2.24) is 31.0 Å². The van der Waals surface area contributed by atoms with Crippen LogP contribution in [0.4, 0.5) is 0 Å². The van der Waals surface area contributed by atoms with Crippen molar-refractivity contribution in [3.8, 4) is 0 Å². The number of nitrogens with one attached hydrogen (secondary N) is 4. The van der Waals surface area contributed by atoms with Gasteiger partial charge in [0.05, 0.1) is 16.8 Å². The van der Waals surface area contributed by atoms with Gasteiger partial charge >= 0.3 is 0 Å². The third-order valence-electron chi connectivity index (χ3n) is 4.11. The molecule has 2 aromatic heterocycles. The molecule has 0 radical (unpaired) electrons. The van der Waals surface area contributed by atoms with Gasteiger partial charge in [-0.1, -0.05) is 19.1 Å². The predicted octanol–water partition coefficient (Wildman–Crippen LogP) is 1.53. The number of carbonyl (C=O) groups is 2. The Balaban J connectivity index is 1.64. The number of nitrogens with zero attached hydrogens (tertiary/aromatic N) is 2. The van der Waals surface area contributed by atoms with Gasteiger partial charge in [0.1, 0.15) is 0 Å². The van der Waals surface area contributed by atoms with Crippen LogP contribution in [-0.4, -0.2) is 44.8 Å². The van der Waals surface area contributed by atoms with E-state index < -0.39 is 0 Å². The van der Waals surface area contributed by atoms with Crippen LogP contribution in [0.5, 0.6) is 0 Å². The predicted molar refractivity (Wildman–Crippen MR) is 93.3 cm³/mol. The molecule has 3 aromatic rings. The fourth-order valence-corrected chi connectivity index (χ4v) is 2.63. The summed E-state index contributed by atoms with van der Waals surface area (Å²) < 4.78 is 0. The Labute approximate surface area is 144 Å². The Hall–Kier alpha value is -3.16. The van der Waals surface area contributed by atoms with Gasteiger partial charge in [-0.2, -0.15) is 15.4 Å². The maximum atomic E-state index is 12.6. The van der Waals surface area contributed by atoms with E-state index in [9.17, 15) is 9.59 Å². The fourth-order valence-electron chi connectivity index (χ4n) is 2.63. The zero-order chi connectivity index (χ0) is 17.8. The van der Waals surface area contributed by atoms with Crippen LogP contribution in [0.25, 0.3) is 10.9 Å². The number of aryl methyl sites for hydroxylation is 1. The van der Waals surface area contributed by atoms with E-state index in [1.54, 1.807) is 19.2 Å². The molecule has 1 aromatic carbocycles. The highest BCUT2D eigenvalue weighted by Crippen LogP contribution is 2.17. The van der Waals surface area contributed by atoms with E-state index in [4.69, 9.17) is 0 Å². The highest BCUT2D eigenvalue weighted by atomic mass is 16.2. The van der Waals surface area contributed by atoms with E-state index in [0.29, 0.717) is 24.2 Å². The SMILES string of the molecule is CCC(CNC(=O)c1n[nH]nc1C)NC(=O)c1cccc2cc[nH]c12. The minimum atomic E-state index is -0.314. The van der Waals surface area contributed by atoms with Crippen LogP contribution in [0, 0.1) is 6.92 Å². The molecule has 130 valence electrons. The number of hydrogen-bond donors (Lipinski definition) is 4. The summed E-state index contributed by atoms with van der Waals surface area (Å²) in [5.41, 5.74) is 2.18. The van der Waals surface area contributed by atoms with Gasteiger partial charge in [-0.3, -0.25) is 9.59 Å². The second kappa shape index (κ2) is 7.16. The topological polar surface area (TPSA) is 116 Å². The summed E-state index contributed by atoms with van der Waals surface area (Å²) in [5, 5.41) is 16.8. The highest BCUT2D eigenvalue weighted by Gasteiger charge is 2.18. The van der Waals surface area contributed by atoms with E-state index in [-0.39, 0.29) is 23.6 Å². The summed E-state index contributed by atoms with van der Waals surface area (Å²) in [6, 6.07) is 7.30. The molecule has 0 aliphatic carbocycles. The summed E-state index contributed by atoms with van der Waals surface area (Å²) in [7, 11) is 0. The number of amides is 2. The van der Waals surface area contributed by atoms with Crippen LogP contribution in [0.1, 0.15) is 39.9 Å². The number of H-pyrrole nitrogens is 2. The van der Waals surface area contributed by atoms with Crippen LogP contribution < -0.4 is 10.6 Å². The third-order valence-corrected chi connectivity index (χ3v) is 4.11. The smallest absolute Gasteiger partial charge is 0.273 e. The Morgan fingerprint density at radius 1 is 1.20 bits per heavy atom. The molecule has 2 heterocycles. The van der Waals surface area contributed by atoms with Gasteiger partial charge in [-0.05, 0) is 25.5 Å². The maximum Gasteiger partial charge on any atom is 0.273 e. The van der Waals surface area contributed by atoms with E-state index in [0.717, 1.165) is 10.9 Å². The number of para-hydroxylation sites is 1. The first-order valence-electron chi connectivity index (χ1n) is 8.12. The van der Waals surface area contributed by atoms with Crippen molar-refractivity contribution in [1.29, 1.82) is 0 Å². The Bertz CT molecular complexity index is 897. The Morgan fingerprint density at radius 3 is 2.76 bits per heavy atom. The summed E-state index contributed by atoms with van der Waals surface area (Å²) in [4.78, 5) is 27.8. The van der Waals surface area contributed by atoms with Gasteiger partial charge in [0.15, 0.2) is 5.69 Å². The lowest BCUT2D eigenvalue weighted by atomic mass is 10.1. The zero-order valence-corrected chi connectivity index (χ0v) is 14.1. The van der Waals surface area contributed by atoms with Gasteiger partial charge in [-0.15, -0.1) is 0 Å². The number of hydrogen-bond acceptors (Lipinski definition) is 4. The third kappa shape index (κ3) is 3.52. The Morgan fingerprint density at radius 2 is 2.04 bits per heavy atom. The van der Waals surface area contributed by atoms with E-state index in [1.807, 2.05) is 25.1 Å². The molecule has 0 saturated heterocycles. The summed E-state index contributed by atoms with van der Waals surface area (Å²) in [6.45, 7) is 3.97. The molecule has 4 N–H and O–H groups in total. The molecule has 8 heteroatoms. The van der Waals surface area contributed by atoms with E-state index in [1.165, 1.54) is 0 Å². The molecule has 0 bridgehead atoms. The largest absolute Gasteiger partial charge is 0.361 e. The normalized spacial score (nSPS) is 12.1. The molecule has 0 fully saturated rings.